The molecule has 1 aliphatic rings. The third-order valence-electron chi connectivity index (χ3n) is 7.04. The summed E-state index contributed by atoms with van der Waals surface area (Å²) in [5.41, 5.74) is 4.83. The predicted molar refractivity (Wildman–Crippen MR) is 157 cm³/mol. The number of hydrogen-bond donors (Lipinski definition) is 3. The monoisotopic (exact) mass is 595 g/mol. The first-order valence-corrected chi connectivity index (χ1v) is 13.4. The van der Waals surface area contributed by atoms with Crippen molar-refractivity contribution < 1.29 is 32.3 Å². The van der Waals surface area contributed by atoms with Gasteiger partial charge in [-0.2, -0.15) is 13.2 Å². The van der Waals surface area contributed by atoms with Crippen molar-refractivity contribution >= 4 is 29.5 Å². The molecule has 226 valence electrons. The molecule has 1 aromatic carbocycles. The minimum Gasteiger partial charge on any atom is -0.459 e. The number of nitrogens with zero attached hydrogens (tertiary/aromatic N) is 3. The zero-order chi connectivity index (χ0) is 31.4. The van der Waals surface area contributed by atoms with Gasteiger partial charge >= 0.3 is 6.18 Å². The van der Waals surface area contributed by atoms with Crippen LogP contribution in [0.2, 0.25) is 0 Å². The Morgan fingerprint density at radius 1 is 1.21 bits per heavy atom. The number of furan rings is 1. The maximum atomic E-state index is 14.0. The summed E-state index contributed by atoms with van der Waals surface area (Å²) in [7, 11) is 0. The van der Waals surface area contributed by atoms with Gasteiger partial charge in [-0.25, -0.2) is 4.99 Å². The summed E-state index contributed by atoms with van der Waals surface area (Å²) in [5.74, 6) is -0.377. The van der Waals surface area contributed by atoms with Gasteiger partial charge in [-0.15, -0.1) is 0 Å². The summed E-state index contributed by atoms with van der Waals surface area (Å²) in [5, 5.41) is 12.9. The van der Waals surface area contributed by atoms with Crippen molar-refractivity contribution in [3.05, 3.63) is 89.1 Å². The van der Waals surface area contributed by atoms with Gasteiger partial charge in [0.25, 0.3) is 5.91 Å². The molecule has 2 aromatic heterocycles. The second-order valence-corrected chi connectivity index (χ2v) is 10.6. The zero-order valence-corrected chi connectivity index (χ0v) is 23.7. The number of rotatable bonds is 8. The van der Waals surface area contributed by atoms with E-state index < -0.39 is 23.2 Å². The maximum absolute atomic E-state index is 14.0. The number of halogens is 3. The van der Waals surface area contributed by atoms with Crippen LogP contribution in [0.3, 0.4) is 0 Å². The van der Waals surface area contributed by atoms with Gasteiger partial charge in [-0.05, 0) is 69.8 Å². The lowest BCUT2D eigenvalue weighted by Crippen LogP contribution is -2.45. The molecule has 4 N–H and O–H groups in total. The van der Waals surface area contributed by atoms with E-state index in [0.29, 0.717) is 37.1 Å². The predicted octanol–water partition coefficient (Wildman–Crippen LogP) is 5.12. The van der Waals surface area contributed by atoms with Gasteiger partial charge in [0.1, 0.15) is 17.2 Å². The number of aliphatic hydroxyl groups is 1. The van der Waals surface area contributed by atoms with Crippen LogP contribution in [0.4, 0.5) is 13.2 Å². The molecule has 4 rings (SSSR count). The molecule has 43 heavy (non-hydrogen) atoms. The molecule has 1 aliphatic heterocycles. The number of benzene rings is 1. The summed E-state index contributed by atoms with van der Waals surface area (Å²) in [6.45, 7) is 7.44. The van der Waals surface area contributed by atoms with Gasteiger partial charge in [-0.3, -0.25) is 14.6 Å². The number of aliphatic imine (C=N–C) groups is 1. The summed E-state index contributed by atoms with van der Waals surface area (Å²) < 4.78 is 47.6. The maximum Gasteiger partial charge on any atom is 0.420 e. The van der Waals surface area contributed by atoms with Gasteiger partial charge < -0.3 is 25.5 Å². The number of alkyl halides is 3. The van der Waals surface area contributed by atoms with Crippen LogP contribution >= 0.6 is 0 Å². The van der Waals surface area contributed by atoms with Crippen molar-refractivity contribution in [1.82, 2.24) is 15.2 Å². The minimum absolute atomic E-state index is 0.133. The van der Waals surface area contributed by atoms with E-state index in [1.807, 2.05) is 0 Å². The van der Waals surface area contributed by atoms with E-state index >= 15 is 0 Å². The van der Waals surface area contributed by atoms with Gasteiger partial charge in [0.05, 0.1) is 29.0 Å². The minimum atomic E-state index is -4.72. The van der Waals surface area contributed by atoms with Gasteiger partial charge in [-0.1, -0.05) is 17.7 Å². The van der Waals surface area contributed by atoms with Crippen LogP contribution in [0.5, 0.6) is 0 Å². The number of nitrogens with one attached hydrogen (secondary N) is 1. The topological polar surface area (TPSA) is 134 Å². The first-order valence-electron chi connectivity index (χ1n) is 13.4. The Labute approximate surface area is 246 Å². The van der Waals surface area contributed by atoms with Crippen molar-refractivity contribution in [2.75, 3.05) is 13.1 Å². The Hall–Kier alpha value is -4.71. The smallest absolute Gasteiger partial charge is 0.420 e. The van der Waals surface area contributed by atoms with Crippen LogP contribution in [0.15, 0.2) is 81.6 Å². The number of pyridine rings is 1. The average molecular weight is 596 g/mol. The summed E-state index contributed by atoms with van der Waals surface area (Å²) in [6.07, 6.45) is 3.51. The van der Waals surface area contributed by atoms with Crippen molar-refractivity contribution in [2.45, 2.75) is 45.0 Å². The number of piperidine rings is 1. The van der Waals surface area contributed by atoms with Crippen LogP contribution in [-0.4, -0.2) is 52.2 Å². The average Bonchev–Trinajstić information content (AvgIpc) is 3.39. The van der Waals surface area contributed by atoms with Crippen LogP contribution in [0.25, 0.3) is 22.2 Å². The summed E-state index contributed by atoms with van der Waals surface area (Å²) in [4.78, 5) is 34.5. The van der Waals surface area contributed by atoms with Gasteiger partial charge in [0.15, 0.2) is 0 Å². The van der Waals surface area contributed by atoms with Crippen molar-refractivity contribution in [2.24, 2.45) is 10.7 Å². The highest BCUT2D eigenvalue weighted by Crippen LogP contribution is 2.39. The SMILES string of the molecule is C=N\C(N)=C/C=C(C)/C=C/C(=O)NCc1cc2cc(-c3ccc(C(=O)N4CCC(C)(O)CC4)cn3)cc(C(F)(F)F)c2o1. The number of aromatic nitrogens is 1. The van der Waals surface area contributed by atoms with Crippen LogP contribution in [-0.2, 0) is 17.5 Å². The van der Waals surface area contributed by atoms with Crippen LogP contribution < -0.4 is 11.1 Å². The van der Waals surface area contributed by atoms with Crippen LogP contribution in [0.1, 0.15) is 48.4 Å². The molecule has 0 aliphatic carbocycles. The van der Waals surface area contributed by atoms with Crippen LogP contribution in [0, 0.1) is 0 Å². The van der Waals surface area contributed by atoms with E-state index in [-0.39, 0.29) is 46.3 Å². The molecule has 0 unspecified atom stereocenters. The summed E-state index contributed by atoms with van der Waals surface area (Å²) >= 11 is 0. The first-order chi connectivity index (χ1) is 20.3. The lowest BCUT2D eigenvalue weighted by molar-refractivity contribution is -0.136. The molecule has 0 saturated carbocycles. The highest BCUT2D eigenvalue weighted by atomic mass is 19.4. The van der Waals surface area contributed by atoms with Crippen molar-refractivity contribution in [1.29, 1.82) is 0 Å². The number of amides is 2. The molecular formula is C31H32F3N5O4. The molecule has 3 heterocycles. The number of hydrogen-bond acceptors (Lipinski definition) is 7. The van der Waals surface area contributed by atoms with E-state index in [0.717, 1.165) is 6.07 Å². The van der Waals surface area contributed by atoms with E-state index in [1.165, 1.54) is 48.7 Å². The fourth-order valence-electron chi connectivity index (χ4n) is 4.48. The number of carbonyl (C=O) groups is 2. The Balaban J connectivity index is 1.51. The second-order valence-electron chi connectivity index (χ2n) is 10.6. The van der Waals surface area contributed by atoms with E-state index in [9.17, 15) is 27.9 Å². The third kappa shape index (κ3) is 7.98. The fraction of sp³-hybridized carbons (Fsp3) is 0.290. The van der Waals surface area contributed by atoms with E-state index in [2.05, 4.69) is 22.0 Å². The number of likely N-dealkylation sites (tertiary alicyclic amines) is 1. The second kappa shape index (κ2) is 12.7. The molecule has 0 radical (unpaired) electrons. The van der Waals surface area contributed by atoms with Crippen molar-refractivity contribution in [3.8, 4) is 11.3 Å². The molecule has 2 amide bonds. The molecular weight excluding hydrogens is 563 g/mol. The van der Waals surface area contributed by atoms with Gasteiger partial charge in [0.2, 0.25) is 5.91 Å². The molecule has 1 saturated heterocycles. The molecule has 0 spiro atoms. The Morgan fingerprint density at radius 2 is 1.93 bits per heavy atom. The number of allylic oxidation sites excluding steroid dienone is 4. The Morgan fingerprint density at radius 3 is 2.56 bits per heavy atom. The fourth-order valence-corrected chi connectivity index (χ4v) is 4.48. The summed E-state index contributed by atoms with van der Waals surface area (Å²) in [6, 6.07) is 6.92. The van der Waals surface area contributed by atoms with E-state index in [1.54, 1.807) is 24.8 Å². The molecule has 9 nitrogen and oxygen atoms in total. The lowest BCUT2D eigenvalue weighted by atomic mass is 9.93. The molecule has 3 aromatic rings. The van der Waals surface area contributed by atoms with E-state index in [4.69, 9.17) is 10.2 Å². The number of fused-ring (bicyclic) bond motifs is 1. The first kappa shape index (κ1) is 31.2. The molecule has 0 atom stereocenters. The Bertz CT molecular complexity index is 1610. The third-order valence-corrected chi connectivity index (χ3v) is 7.04. The number of nitrogens with two attached hydrogens (primary N) is 1. The quantitative estimate of drug-likeness (QED) is 0.188. The normalized spacial score (nSPS) is 16.1. The molecule has 1 fully saturated rings. The lowest BCUT2D eigenvalue weighted by Gasteiger charge is -2.35. The highest BCUT2D eigenvalue weighted by molar-refractivity contribution is 5.94. The number of carbonyl (C=O) groups excluding carboxylic acids is 2. The molecule has 12 heteroatoms. The largest absolute Gasteiger partial charge is 0.459 e. The van der Waals surface area contributed by atoms with Gasteiger partial charge in [0, 0.05) is 36.3 Å². The highest BCUT2D eigenvalue weighted by Gasteiger charge is 2.35. The Kier molecular flexibility index (Phi) is 9.19. The standard InChI is InChI=1S/C31H32F3N5O4/c1-19(4-8-26(35)36-3)5-9-27(40)38-18-23-15-22-14-21(16-24(28(22)43-23)31(32,33)34)25-7-6-20(17-37-25)29(41)39-12-10-30(2,42)11-13-39/h4-9,14-17,42H,3,10-13,18,35H2,1-2H3,(H,38,40)/b9-5+,19-4+,26-8-. The molecule has 0 bridgehead atoms. The zero-order valence-electron chi connectivity index (χ0n) is 23.7. The van der Waals surface area contributed by atoms with Crippen molar-refractivity contribution in [3.63, 3.8) is 0 Å².